The molecule has 4 rings (SSSR count). The van der Waals surface area contributed by atoms with E-state index in [-0.39, 0.29) is 5.91 Å². The summed E-state index contributed by atoms with van der Waals surface area (Å²) >= 11 is 1.51. The molecular formula is C18H15N3O2S. The predicted octanol–water partition coefficient (Wildman–Crippen LogP) is 3.79. The van der Waals surface area contributed by atoms with E-state index < -0.39 is 0 Å². The van der Waals surface area contributed by atoms with Crippen LogP contribution in [0.5, 0.6) is 0 Å². The number of hydrogen-bond donors (Lipinski definition) is 1. The van der Waals surface area contributed by atoms with Crippen molar-refractivity contribution in [2.24, 2.45) is 0 Å². The number of rotatable bonds is 5. The van der Waals surface area contributed by atoms with Crippen molar-refractivity contribution in [2.45, 2.75) is 6.54 Å². The number of hydrogen-bond acceptors (Lipinski definition) is 4. The first-order valence-electron chi connectivity index (χ1n) is 7.63. The number of furan rings is 1. The topological polar surface area (TPSA) is 60.1 Å². The van der Waals surface area contributed by atoms with Crippen LogP contribution in [0.25, 0.3) is 21.4 Å². The van der Waals surface area contributed by atoms with E-state index >= 15 is 0 Å². The summed E-state index contributed by atoms with van der Waals surface area (Å²) in [6, 6.07) is 13.7. The summed E-state index contributed by atoms with van der Waals surface area (Å²) in [6.45, 7) is 1.13. The molecule has 0 radical (unpaired) electrons. The van der Waals surface area contributed by atoms with Crippen LogP contribution in [0.15, 0.2) is 65.5 Å². The van der Waals surface area contributed by atoms with Gasteiger partial charge in [-0.3, -0.25) is 9.48 Å². The molecule has 1 amide bonds. The van der Waals surface area contributed by atoms with Crippen LogP contribution in [0.4, 0.5) is 0 Å². The molecule has 1 N–H and O–H groups in total. The molecule has 5 nitrogen and oxygen atoms in total. The lowest BCUT2D eigenvalue weighted by Gasteiger charge is -2.03. The van der Waals surface area contributed by atoms with Gasteiger partial charge < -0.3 is 9.73 Å². The van der Waals surface area contributed by atoms with Gasteiger partial charge in [-0.15, -0.1) is 11.3 Å². The predicted molar refractivity (Wildman–Crippen MR) is 94.1 cm³/mol. The van der Waals surface area contributed by atoms with E-state index in [4.69, 9.17) is 4.42 Å². The van der Waals surface area contributed by atoms with E-state index in [1.54, 1.807) is 17.1 Å². The number of carbonyl (C=O) groups is 1. The van der Waals surface area contributed by atoms with Gasteiger partial charge in [0.25, 0.3) is 5.91 Å². The molecule has 0 aliphatic heterocycles. The molecule has 3 aromatic heterocycles. The zero-order valence-corrected chi connectivity index (χ0v) is 13.6. The Hall–Kier alpha value is -2.86. The van der Waals surface area contributed by atoms with Crippen LogP contribution >= 0.6 is 11.3 Å². The number of nitrogens with one attached hydrogen (secondary N) is 1. The quantitative estimate of drug-likeness (QED) is 0.603. The number of benzene rings is 1. The van der Waals surface area contributed by atoms with E-state index in [1.807, 2.05) is 48.7 Å². The first kappa shape index (κ1) is 14.7. The van der Waals surface area contributed by atoms with E-state index in [1.165, 1.54) is 11.3 Å². The molecule has 3 heterocycles. The van der Waals surface area contributed by atoms with Crippen molar-refractivity contribution in [1.29, 1.82) is 0 Å². The largest absolute Gasteiger partial charge is 0.464 e. The third-order valence-corrected chi connectivity index (χ3v) is 4.83. The fraction of sp³-hybridized carbons (Fsp3) is 0.111. The number of carbonyl (C=O) groups excluding carboxylic acids is 1. The fourth-order valence-electron chi connectivity index (χ4n) is 2.52. The SMILES string of the molecule is O=C(NCCn1cc(-c2ccco2)cn1)c1cc2ccccc2s1. The minimum atomic E-state index is -0.0467. The van der Waals surface area contributed by atoms with E-state index in [2.05, 4.69) is 10.4 Å². The molecule has 0 fully saturated rings. The lowest BCUT2D eigenvalue weighted by atomic mass is 10.2. The van der Waals surface area contributed by atoms with Gasteiger partial charge in [-0.05, 0) is 29.7 Å². The van der Waals surface area contributed by atoms with Gasteiger partial charge in [-0.25, -0.2) is 0 Å². The van der Waals surface area contributed by atoms with Crippen LogP contribution in [0.1, 0.15) is 9.67 Å². The molecule has 0 saturated carbocycles. The molecule has 4 aromatic rings. The maximum absolute atomic E-state index is 12.3. The van der Waals surface area contributed by atoms with Crippen LogP contribution < -0.4 is 5.32 Å². The normalized spacial score (nSPS) is 11.0. The van der Waals surface area contributed by atoms with Crippen LogP contribution in [-0.4, -0.2) is 22.2 Å². The average molecular weight is 337 g/mol. The molecule has 0 aliphatic rings. The van der Waals surface area contributed by atoms with Gasteiger partial charge in [0, 0.05) is 17.4 Å². The van der Waals surface area contributed by atoms with Gasteiger partial charge in [0.1, 0.15) is 5.76 Å². The molecule has 0 unspecified atom stereocenters. The van der Waals surface area contributed by atoms with Crippen molar-refractivity contribution in [3.8, 4) is 11.3 Å². The van der Waals surface area contributed by atoms with E-state index in [0.29, 0.717) is 13.1 Å². The van der Waals surface area contributed by atoms with Gasteiger partial charge >= 0.3 is 0 Å². The van der Waals surface area contributed by atoms with E-state index in [0.717, 1.165) is 26.3 Å². The Morgan fingerprint density at radius 3 is 3.00 bits per heavy atom. The van der Waals surface area contributed by atoms with Crippen molar-refractivity contribution in [3.05, 3.63) is 66.0 Å². The van der Waals surface area contributed by atoms with Crippen LogP contribution in [-0.2, 0) is 6.54 Å². The van der Waals surface area contributed by atoms with Gasteiger partial charge in [-0.1, -0.05) is 18.2 Å². The zero-order chi connectivity index (χ0) is 16.4. The maximum atomic E-state index is 12.3. The summed E-state index contributed by atoms with van der Waals surface area (Å²) < 4.78 is 8.26. The van der Waals surface area contributed by atoms with Crippen molar-refractivity contribution < 1.29 is 9.21 Å². The molecule has 24 heavy (non-hydrogen) atoms. The van der Waals surface area contributed by atoms with Crippen molar-refractivity contribution in [1.82, 2.24) is 15.1 Å². The smallest absolute Gasteiger partial charge is 0.261 e. The molecule has 0 atom stereocenters. The third-order valence-electron chi connectivity index (χ3n) is 3.71. The molecule has 0 saturated heterocycles. The number of amides is 1. The first-order valence-corrected chi connectivity index (χ1v) is 8.44. The standard InChI is InChI=1S/C18H15N3O2S/c22-18(17-10-13-4-1-2-6-16(13)24-17)19-7-8-21-12-14(11-20-21)15-5-3-9-23-15/h1-6,9-12H,7-8H2,(H,19,22). The Balaban J connectivity index is 1.36. The van der Waals surface area contributed by atoms with Gasteiger partial charge in [0.05, 0.1) is 29.4 Å². The highest BCUT2D eigenvalue weighted by Gasteiger charge is 2.10. The summed E-state index contributed by atoms with van der Waals surface area (Å²) in [5.41, 5.74) is 0.927. The van der Waals surface area contributed by atoms with Gasteiger partial charge in [0.15, 0.2) is 0 Å². The summed E-state index contributed by atoms with van der Waals surface area (Å²) in [6.07, 6.45) is 5.30. The van der Waals surface area contributed by atoms with Gasteiger partial charge in [0.2, 0.25) is 0 Å². The minimum absolute atomic E-state index is 0.0467. The summed E-state index contributed by atoms with van der Waals surface area (Å²) in [5.74, 6) is 0.741. The highest BCUT2D eigenvalue weighted by atomic mass is 32.1. The van der Waals surface area contributed by atoms with E-state index in [9.17, 15) is 4.79 Å². The van der Waals surface area contributed by atoms with Crippen LogP contribution in [0, 0.1) is 0 Å². The minimum Gasteiger partial charge on any atom is -0.464 e. The zero-order valence-electron chi connectivity index (χ0n) is 12.8. The second kappa shape index (κ2) is 6.33. The number of fused-ring (bicyclic) bond motifs is 1. The number of nitrogens with zero attached hydrogens (tertiary/aromatic N) is 2. The second-order valence-electron chi connectivity index (χ2n) is 5.37. The molecular weight excluding hydrogens is 322 g/mol. The fourth-order valence-corrected chi connectivity index (χ4v) is 3.50. The second-order valence-corrected chi connectivity index (χ2v) is 6.46. The number of aromatic nitrogens is 2. The lowest BCUT2D eigenvalue weighted by molar-refractivity contribution is 0.0956. The molecule has 0 aliphatic carbocycles. The summed E-state index contributed by atoms with van der Waals surface area (Å²) in [5, 5.41) is 8.32. The Bertz CT molecular complexity index is 936. The first-order chi connectivity index (χ1) is 11.8. The molecule has 6 heteroatoms. The lowest BCUT2D eigenvalue weighted by Crippen LogP contribution is -2.26. The highest BCUT2D eigenvalue weighted by molar-refractivity contribution is 7.20. The average Bonchev–Trinajstić information content (AvgIpc) is 3.33. The monoisotopic (exact) mass is 337 g/mol. The van der Waals surface area contributed by atoms with Crippen molar-refractivity contribution in [3.63, 3.8) is 0 Å². The van der Waals surface area contributed by atoms with Crippen LogP contribution in [0.3, 0.4) is 0 Å². The summed E-state index contributed by atoms with van der Waals surface area (Å²) in [4.78, 5) is 13.0. The summed E-state index contributed by atoms with van der Waals surface area (Å²) in [7, 11) is 0. The Kier molecular flexibility index (Phi) is 3.88. The van der Waals surface area contributed by atoms with Crippen LogP contribution in [0.2, 0.25) is 0 Å². The van der Waals surface area contributed by atoms with Crippen molar-refractivity contribution >= 4 is 27.3 Å². The molecule has 0 bridgehead atoms. The Labute approximate surface area is 142 Å². The Morgan fingerprint density at radius 1 is 1.25 bits per heavy atom. The van der Waals surface area contributed by atoms with Gasteiger partial charge in [-0.2, -0.15) is 5.10 Å². The van der Waals surface area contributed by atoms with Crippen molar-refractivity contribution in [2.75, 3.05) is 6.54 Å². The Morgan fingerprint density at radius 2 is 2.17 bits per heavy atom. The number of thiophene rings is 1. The molecule has 1 aromatic carbocycles. The molecule has 0 spiro atoms. The third kappa shape index (κ3) is 2.96. The molecule has 120 valence electrons. The maximum Gasteiger partial charge on any atom is 0.261 e. The highest BCUT2D eigenvalue weighted by Crippen LogP contribution is 2.25.